The molecule has 1 aromatic heterocycles. The molecule has 0 saturated heterocycles. The Kier molecular flexibility index (Phi) is 5.68. The van der Waals surface area contributed by atoms with Crippen LogP contribution in [0.2, 0.25) is 0 Å². The van der Waals surface area contributed by atoms with Gasteiger partial charge in [-0.1, -0.05) is 31.9 Å². The Morgan fingerprint density at radius 2 is 2.17 bits per heavy atom. The van der Waals surface area contributed by atoms with Crippen molar-refractivity contribution in [1.82, 2.24) is 4.98 Å². The Bertz CT molecular complexity index is 824. The van der Waals surface area contributed by atoms with Crippen molar-refractivity contribution in [3.8, 4) is 6.08 Å². The lowest BCUT2D eigenvalue weighted by atomic mass is 10.1. The zero-order valence-electron chi connectivity index (χ0n) is 13.9. The minimum absolute atomic E-state index is 0.133. The van der Waals surface area contributed by atoms with Crippen molar-refractivity contribution in [2.24, 2.45) is 0 Å². The maximum Gasteiger partial charge on any atom is 0.397 e. The first-order chi connectivity index (χ1) is 11.4. The van der Waals surface area contributed by atoms with Gasteiger partial charge in [-0.15, -0.1) is 0 Å². The number of ether oxygens (including phenoxy) is 1. The molecule has 1 heterocycles. The fraction of sp³-hybridized carbons (Fsp3) is 0.412. The summed E-state index contributed by atoms with van der Waals surface area (Å²) < 4.78 is 10.4. The van der Waals surface area contributed by atoms with Crippen LogP contribution in [0.15, 0.2) is 27.4 Å². The van der Waals surface area contributed by atoms with E-state index in [-0.39, 0.29) is 28.8 Å². The lowest BCUT2D eigenvalue weighted by Gasteiger charge is -2.07. The van der Waals surface area contributed by atoms with E-state index in [4.69, 9.17) is 9.15 Å². The highest BCUT2D eigenvalue weighted by molar-refractivity contribution is 5.89. The van der Waals surface area contributed by atoms with Crippen LogP contribution in [0.4, 0.5) is 5.69 Å². The summed E-state index contributed by atoms with van der Waals surface area (Å²) in [5, 5.41) is 11.4. The number of allylic oxidation sites excluding steroid dienone is 1. The van der Waals surface area contributed by atoms with Crippen LogP contribution in [0.3, 0.4) is 0 Å². The molecule has 0 N–H and O–H groups in total. The summed E-state index contributed by atoms with van der Waals surface area (Å²) in [6.45, 7) is 5.60. The number of fused-ring (bicyclic) bond motifs is 1. The summed E-state index contributed by atoms with van der Waals surface area (Å²) in [4.78, 5) is 27.0. The molecule has 0 spiro atoms. The molecule has 128 valence electrons. The molecule has 7 heteroatoms. The topological polar surface area (TPSA) is 95.5 Å². The number of rotatable bonds is 7. The lowest BCUT2D eigenvalue weighted by molar-refractivity contribution is -0.384. The monoisotopic (exact) mass is 332 g/mol. The number of hydrogen-bond acceptors (Lipinski definition) is 6. The van der Waals surface area contributed by atoms with Crippen molar-refractivity contribution in [3.05, 3.63) is 44.3 Å². The molecule has 0 aliphatic heterocycles. The third kappa shape index (κ3) is 4.18. The van der Waals surface area contributed by atoms with Gasteiger partial charge in [0.1, 0.15) is 0 Å². The number of nitrogens with zero attached hydrogens (tertiary/aromatic N) is 2. The molecule has 0 unspecified atom stereocenters. The SMILES string of the molecule is CCCC/C=C/c1cc([N+](=O)[O-])cc2nc(OC(C)C)oc(=O)c12. The van der Waals surface area contributed by atoms with Gasteiger partial charge in [-0.2, -0.15) is 4.98 Å². The van der Waals surface area contributed by atoms with Crippen LogP contribution in [-0.4, -0.2) is 16.0 Å². The molecule has 0 bridgehead atoms. The Balaban J connectivity index is 2.60. The van der Waals surface area contributed by atoms with Crippen molar-refractivity contribution in [2.75, 3.05) is 0 Å². The minimum atomic E-state index is -0.624. The third-order valence-corrected chi connectivity index (χ3v) is 3.30. The van der Waals surface area contributed by atoms with Crippen molar-refractivity contribution in [3.63, 3.8) is 0 Å². The van der Waals surface area contributed by atoms with Crippen LogP contribution in [-0.2, 0) is 0 Å². The predicted octanol–water partition coefficient (Wildman–Crippen LogP) is 4.09. The van der Waals surface area contributed by atoms with E-state index in [0.29, 0.717) is 5.56 Å². The molecule has 0 saturated carbocycles. The van der Waals surface area contributed by atoms with E-state index in [1.54, 1.807) is 19.9 Å². The normalized spacial score (nSPS) is 11.5. The molecular weight excluding hydrogens is 312 g/mol. The van der Waals surface area contributed by atoms with Crippen LogP contribution in [0.1, 0.15) is 45.6 Å². The predicted molar refractivity (Wildman–Crippen MR) is 91.3 cm³/mol. The second-order valence-corrected chi connectivity index (χ2v) is 5.66. The van der Waals surface area contributed by atoms with Gasteiger partial charge in [0.2, 0.25) is 0 Å². The van der Waals surface area contributed by atoms with Crippen LogP contribution in [0.25, 0.3) is 17.0 Å². The van der Waals surface area contributed by atoms with Crippen molar-refractivity contribution < 1.29 is 14.1 Å². The first-order valence-corrected chi connectivity index (χ1v) is 7.88. The number of nitro benzene ring substituents is 1. The molecule has 1 aromatic carbocycles. The Morgan fingerprint density at radius 3 is 2.79 bits per heavy atom. The van der Waals surface area contributed by atoms with Crippen molar-refractivity contribution in [2.45, 2.75) is 46.1 Å². The summed E-state index contributed by atoms with van der Waals surface area (Å²) in [7, 11) is 0. The van der Waals surface area contributed by atoms with Gasteiger partial charge >= 0.3 is 11.7 Å². The Hall–Kier alpha value is -2.70. The summed E-state index contributed by atoms with van der Waals surface area (Å²) in [6, 6.07) is 2.61. The molecule has 24 heavy (non-hydrogen) atoms. The Labute approximate surface area is 139 Å². The third-order valence-electron chi connectivity index (χ3n) is 3.30. The van der Waals surface area contributed by atoms with Gasteiger partial charge in [0.25, 0.3) is 5.69 Å². The molecule has 0 fully saturated rings. The number of aromatic nitrogens is 1. The molecule has 0 aliphatic carbocycles. The van der Waals surface area contributed by atoms with Gasteiger partial charge in [-0.05, 0) is 25.8 Å². The first-order valence-electron chi connectivity index (χ1n) is 7.88. The van der Waals surface area contributed by atoms with E-state index in [0.717, 1.165) is 19.3 Å². The lowest BCUT2D eigenvalue weighted by Crippen LogP contribution is -2.11. The van der Waals surface area contributed by atoms with Crippen LogP contribution in [0, 0.1) is 10.1 Å². The van der Waals surface area contributed by atoms with E-state index >= 15 is 0 Å². The van der Waals surface area contributed by atoms with Gasteiger partial charge in [0.15, 0.2) is 0 Å². The first kappa shape index (κ1) is 17.7. The maximum absolute atomic E-state index is 12.3. The average Bonchev–Trinajstić information content (AvgIpc) is 2.50. The van der Waals surface area contributed by atoms with Crippen molar-refractivity contribution in [1.29, 1.82) is 0 Å². The molecule has 2 aromatic rings. The molecule has 0 amide bonds. The quantitative estimate of drug-likeness (QED) is 0.430. The van der Waals surface area contributed by atoms with Crippen LogP contribution < -0.4 is 10.4 Å². The van der Waals surface area contributed by atoms with Crippen LogP contribution in [0.5, 0.6) is 6.08 Å². The fourth-order valence-corrected chi connectivity index (χ4v) is 2.22. The van der Waals surface area contributed by atoms with Crippen LogP contribution >= 0.6 is 0 Å². The number of hydrogen-bond donors (Lipinski definition) is 0. The fourth-order valence-electron chi connectivity index (χ4n) is 2.22. The molecular formula is C17H20N2O5. The summed E-state index contributed by atoms with van der Waals surface area (Å²) in [5.41, 5.74) is -0.147. The standard InChI is InChI=1S/C17H20N2O5/c1-4-5-6-7-8-12-9-13(19(21)22)10-14-15(12)16(20)24-17(18-14)23-11(2)3/h7-11H,4-6H2,1-3H3/b8-7+. The maximum atomic E-state index is 12.3. The van der Waals surface area contributed by atoms with Gasteiger partial charge < -0.3 is 9.15 Å². The second-order valence-electron chi connectivity index (χ2n) is 5.66. The largest absolute Gasteiger partial charge is 0.447 e. The highest BCUT2D eigenvalue weighted by Gasteiger charge is 2.17. The van der Waals surface area contributed by atoms with Crippen molar-refractivity contribution >= 4 is 22.7 Å². The number of unbranched alkanes of at least 4 members (excludes halogenated alkanes) is 2. The summed E-state index contributed by atoms with van der Waals surface area (Å²) in [6.07, 6.45) is 6.04. The summed E-state index contributed by atoms with van der Waals surface area (Å²) in [5.74, 6) is 0. The highest BCUT2D eigenvalue weighted by atomic mass is 16.6. The number of nitro groups is 1. The molecule has 2 rings (SSSR count). The second kappa shape index (κ2) is 7.72. The van der Waals surface area contributed by atoms with E-state index in [2.05, 4.69) is 11.9 Å². The number of non-ortho nitro benzene ring substituents is 1. The van der Waals surface area contributed by atoms with E-state index in [1.807, 2.05) is 6.08 Å². The molecule has 7 nitrogen and oxygen atoms in total. The number of benzene rings is 1. The average molecular weight is 332 g/mol. The van der Waals surface area contributed by atoms with Gasteiger partial charge in [0, 0.05) is 12.1 Å². The summed E-state index contributed by atoms with van der Waals surface area (Å²) >= 11 is 0. The van der Waals surface area contributed by atoms with E-state index in [9.17, 15) is 14.9 Å². The van der Waals surface area contributed by atoms with Gasteiger partial charge in [-0.25, -0.2) is 4.79 Å². The van der Waals surface area contributed by atoms with Gasteiger partial charge in [0.05, 0.1) is 21.9 Å². The molecule has 0 atom stereocenters. The molecule has 0 radical (unpaired) electrons. The zero-order chi connectivity index (χ0) is 17.7. The smallest absolute Gasteiger partial charge is 0.397 e. The van der Waals surface area contributed by atoms with E-state index in [1.165, 1.54) is 12.1 Å². The van der Waals surface area contributed by atoms with E-state index < -0.39 is 10.5 Å². The van der Waals surface area contributed by atoms with Gasteiger partial charge in [-0.3, -0.25) is 10.1 Å². The minimum Gasteiger partial charge on any atom is -0.447 e. The Morgan fingerprint density at radius 1 is 1.42 bits per heavy atom. The zero-order valence-corrected chi connectivity index (χ0v) is 13.9. The highest BCUT2D eigenvalue weighted by Crippen LogP contribution is 2.25. The molecule has 0 aliphatic rings.